The molecule has 1 N–H and O–H groups in total. The third-order valence-corrected chi connectivity index (χ3v) is 5.19. The number of likely N-dealkylation sites (tertiary alicyclic amines) is 1. The molecule has 1 aliphatic rings. The Bertz CT molecular complexity index is 840. The number of hydrogen-bond donors (Lipinski definition) is 1. The molecule has 1 aliphatic heterocycles. The van der Waals surface area contributed by atoms with Crippen LogP contribution < -0.4 is 5.32 Å². The molecular formula is C21H23ClN2O2. The predicted octanol–water partition coefficient (Wildman–Crippen LogP) is 4.25. The van der Waals surface area contributed by atoms with Gasteiger partial charge in [0, 0.05) is 19.5 Å². The van der Waals surface area contributed by atoms with Crippen molar-refractivity contribution in [3.63, 3.8) is 0 Å². The number of carbonyl (C=O) groups excluding carboxylic acids is 2. The van der Waals surface area contributed by atoms with E-state index < -0.39 is 0 Å². The van der Waals surface area contributed by atoms with Gasteiger partial charge in [0.15, 0.2) is 0 Å². The van der Waals surface area contributed by atoms with E-state index in [1.165, 1.54) is 0 Å². The molecule has 0 radical (unpaired) electrons. The topological polar surface area (TPSA) is 49.4 Å². The third-order valence-electron chi connectivity index (χ3n) is 4.89. The lowest BCUT2D eigenvalue weighted by Crippen LogP contribution is -2.28. The third kappa shape index (κ3) is 3.91. The zero-order valence-corrected chi connectivity index (χ0v) is 16.1. The van der Waals surface area contributed by atoms with Crippen molar-refractivity contribution in [2.75, 3.05) is 11.9 Å². The van der Waals surface area contributed by atoms with Gasteiger partial charge in [-0.2, -0.15) is 0 Å². The van der Waals surface area contributed by atoms with Crippen molar-refractivity contribution in [2.45, 2.75) is 33.7 Å². The van der Waals surface area contributed by atoms with E-state index in [1.807, 2.05) is 57.2 Å². The van der Waals surface area contributed by atoms with E-state index in [0.717, 1.165) is 22.3 Å². The summed E-state index contributed by atoms with van der Waals surface area (Å²) in [7, 11) is 0. The van der Waals surface area contributed by atoms with Crippen LogP contribution in [0.5, 0.6) is 0 Å². The highest BCUT2D eigenvalue weighted by atomic mass is 35.5. The maximum Gasteiger partial charge on any atom is 0.229 e. The molecule has 1 saturated heterocycles. The van der Waals surface area contributed by atoms with Crippen LogP contribution in [0.1, 0.15) is 28.7 Å². The van der Waals surface area contributed by atoms with Gasteiger partial charge in [0.1, 0.15) is 0 Å². The molecule has 0 aromatic heterocycles. The van der Waals surface area contributed by atoms with Crippen molar-refractivity contribution >= 4 is 29.1 Å². The summed E-state index contributed by atoms with van der Waals surface area (Å²) in [6, 6.07) is 11.8. The van der Waals surface area contributed by atoms with Crippen LogP contribution >= 0.6 is 11.6 Å². The first-order valence-corrected chi connectivity index (χ1v) is 9.13. The van der Waals surface area contributed by atoms with E-state index in [1.54, 1.807) is 4.90 Å². The minimum atomic E-state index is -0.358. The SMILES string of the molecule is Cc1cc(C)c(NC(=O)C2CC(=O)N(Cc3ccccc3C)C2)c(Cl)c1. The summed E-state index contributed by atoms with van der Waals surface area (Å²) in [5.74, 6) is -0.497. The standard InChI is InChI=1S/C21H23ClN2O2/c1-13-8-15(3)20(18(22)9-13)23-21(26)17-10-19(25)24(12-17)11-16-7-5-4-6-14(16)2/h4-9,17H,10-12H2,1-3H3,(H,23,26). The average molecular weight is 371 g/mol. The molecule has 2 aromatic carbocycles. The van der Waals surface area contributed by atoms with E-state index in [4.69, 9.17) is 11.6 Å². The second kappa shape index (κ2) is 7.50. The van der Waals surface area contributed by atoms with Crippen LogP contribution in [0.3, 0.4) is 0 Å². The monoisotopic (exact) mass is 370 g/mol. The minimum absolute atomic E-state index is 0.0140. The molecule has 2 amide bonds. The Kier molecular flexibility index (Phi) is 5.33. The van der Waals surface area contributed by atoms with Crippen molar-refractivity contribution in [3.8, 4) is 0 Å². The largest absolute Gasteiger partial charge is 0.338 e. The van der Waals surface area contributed by atoms with E-state index >= 15 is 0 Å². The van der Waals surface area contributed by atoms with Crippen LogP contribution in [0, 0.1) is 26.7 Å². The average Bonchev–Trinajstić information content (AvgIpc) is 2.94. The number of nitrogens with zero attached hydrogens (tertiary/aromatic N) is 1. The van der Waals surface area contributed by atoms with Gasteiger partial charge in [-0.1, -0.05) is 41.9 Å². The van der Waals surface area contributed by atoms with E-state index in [2.05, 4.69) is 5.32 Å². The van der Waals surface area contributed by atoms with Gasteiger partial charge in [-0.3, -0.25) is 9.59 Å². The molecule has 1 heterocycles. The quantitative estimate of drug-likeness (QED) is 0.874. The summed E-state index contributed by atoms with van der Waals surface area (Å²) >= 11 is 6.28. The number of halogens is 1. The van der Waals surface area contributed by atoms with Crippen LogP contribution in [0.25, 0.3) is 0 Å². The molecule has 2 aromatic rings. The molecule has 1 fully saturated rings. The second-order valence-electron chi connectivity index (χ2n) is 7.03. The lowest BCUT2D eigenvalue weighted by atomic mass is 10.1. The van der Waals surface area contributed by atoms with Gasteiger partial charge in [0.25, 0.3) is 0 Å². The molecule has 136 valence electrons. The second-order valence-corrected chi connectivity index (χ2v) is 7.44. The van der Waals surface area contributed by atoms with Crippen LogP contribution in [0.4, 0.5) is 5.69 Å². The zero-order chi connectivity index (χ0) is 18.8. The number of hydrogen-bond acceptors (Lipinski definition) is 2. The maximum atomic E-state index is 12.7. The van der Waals surface area contributed by atoms with Gasteiger partial charge in [0.05, 0.1) is 16.6 Å². The van der Waals surface area contributed by atoms with E-state index in [0.29, 0.717) is 23.8 Å². The number of nitrogens with one attached hydrogen (secondary N) is 1. The number of aryl methyl sites for hydroxylation is 3. The maximum absolute atomic E-state index is 12.7. The molecule has 1 unspecified atom stereocenters. The molecule has 5 heteroatoms. The first-order valence-electron chi connectivity index (χ1n) is 8.75. The van der Waals surface area contributed by atoms with E-state index in [-0.39, 0.29) is 24.2 Å². The Morgan fingerprint density at radius 2 is 1.92 bits per heavy atom. The minimum Gasteiger partial charge on any atom is -0.338 e. The predicted molar refractivity (Wildman–Crippen MR) is 104 cm³/mol. The highest BCUT2D eigenvalue weighted by Gasteiger charge is 2.34. The van der Waals surface area contributed by atoms with Crippen molar-refractivity contribution in [2.24, 2.45) is 5.92 Å². The molecule has 1 atom stereocenters. The Hall–Kier alpha value is -2.33. The molecule has 0 saturated carbocycles. The number of rotatable bonds is 4. The molecular weight excluding hydrogens is 348 g/mol. The van der Waals surface area contributed by atoms with Crippen molar-refractivity contribution < 1.29 is 9.59 Å². The Balaban J connectivity index is 1.69. The fraction of sp³-hybridized carbons (Fsp3) is 0.333. The Morgan fingerprint density at radius 1 is 1.19 bits per heavy atom. The molecule has 0 aliphatic carbocycles. The molecule has 3 rings (SSSR count). The van der Waals surface area contributed by atoms with Crippen molar-refractivity contribution in [1.29, 1.82) is 0 Å². The summed E-state index contributed by atoms with van der Waals surface area (Å²) in [5.41, 5.74) is 4.86. The van der Waals surface area contributed by atoms with Crippen LogP contribution in [-0.2, 0) is 16.1 Å². The highest BCUT2D eigenvalue weighted by Crippen LogP contribution is 2.29. The molecule has 0 bridgehead atoms. The fourth-order valence-electron chi connectivity index (χ4n) is 3.39. The van der Waals surface area contributed by atoms with Crippen molar-refractivity contribution in [1.82, 2.24) is 4.90 Å². The van der Waals surface area contributed by atoms with Crippen LogP contribution in [-0.4, -0.2) is 23.3 Å². The van der Waals surface area contributed by atoms with Gasteiger partial charge in [-0.05, 0) is 49.1 Å². The number of carbonyl (C=O) groups is 2. The smallest absolute Gasteiger partial charge is 0.229 e. The highest BCUT2D eigenvalue weighted by molar-refractivity contribution is 6.34. The Morgan fingerprint density at radius 3 is 2.62 bits per heavy atom. The summed E-state index contributed by atoms with van der Waals surface area (Å²) in [5, 5.41) is 3.44. The number of amides is 2. The van der Waals surface area contributed by atoms with Crippen molar-refractivity contribution in [3.05, 3.63) is 63.7 Å². The number of benzene rings is 2. The first-order chi connectivity index (χ1) is 12.3. The molecule has 0 spiro atoms. The molecule has 4 nitrogen and oxygen atoms in total. The fourth-order valence-corrected chi connectivity index (χ4v) is 3.76. The lowest BCUT2D eigenvalue weighted by Gasteiger charge is -2.18. The van der Waals surface area contributed by atoms with Gasteiger partial charge in [-0.15, -0.1) is 0 Å². The zero-order valence-electron chi connectivity index (χ0n) is 15.3. The van der Waals surface area contributed by atoms with Gasteiger partial charge >= 0.3 is 0 Å². The summed E-state index contributed by atoms with van der Waals surface area (Å²) in [6.45, 7) is 6.88. The summed E-state index contributed by atoms with van der Waals surface area (Å²) < 4.78 is 0. The number of anilines is 1. The Labute approximate surface area is 159 Å². The van der Waals surface area contributed by atoms with Gasteiger partial charge < -0.3 is 10.2 Å². The first kappa shape index (κ1) is 18.5. The van der Waals surface area contributed by atoms with Crippen LogP contribution in [0.2, 0.25) is 5.02 Å². The van der Waals surface area contributed by atoms with Gasteiger partial charge in [-0.25, -0.2) is 0 Å². The summed E-state index contributed by atoms with van der Waals surface area (Å²) in [4.78, 5) is 26.8. The van der Waals surface area contributed by atoms with Crippen LogP contribution in [0.15, 0.2) is 36.4 Å². The van der Waals surface area contributed by atoms with E-state index in [9.17, 15) is 9.59 Å². The normalized spacial score (nSPS) is 16.8. The van der Waals surface area contributed by atoms with Gasteiger partial charge in [0.2, 0.25) is 11.8 Å². The summed E-state index contributed by atoms with van der Waals surface area (Å²) in [6.07, 6.45) is 0.236. The molecule has 26 heavy (non-hydrogen) atoms. The lowest BCUT2D eigenvalue weighted by molar-refractivity contribution is -0.128.